The van der Waals surface area contributed by atoms with Crippen LogP contribution in [-0.2, 0) is 9.59 Å². The minimum Gasteiger partial charge on any atom is -0.481 e. The standard InChI is InChI=1S/C15H19NO3/c1-10(2)14(17)16-8-12(13(9-16)15(18)19)11-6-4-3-5-7-11/h3-7,10,12-13H,8-9H2,1-2H3,(H,18,19)/t12-,13+/m1/s1. The first-order chi connectivity index (χ1) is 9.00. The van der Waals surface area contributed by atoms with E-state index in [-0.39, 0.29) is 17.7 Å². The molecular weight excluding hydrogens is 242 g/mol. The van der Waals surface area contributed by atoms with Gasteiger partial charge in [-0.05, 0) is 5.56 Å². The summed E-state index contributed by atoms with van der Waals surface area (Å²) in [5.41, 5.74) is 0.994. The van der Waals surface area contributed by atoms with E-state index in [1.807, 2.05) is 44.2 Å². The van der Waals surface area contributed by atoms with E-state index in [1.165, 1.54) is 0 Å². The maximum Gasteiger partial charge on any atom is 0.308 e. The molecule has 4 nitrogen and oxygen atoms in total. The van der Waals surface area contributed by atoms with E-state index in [1.54, 1.807) is 4.90 Å². The molecule has 4 heteroatoms. The van der Waals surface area contributed by atoms with E-state index in [2.05, 4.69) is 0 Å². The van der Waals surface area contributed by atoms with Gasteiger partial charge < -0.3 is 10.0 Å². The Balaban J connectivity index is 2.23. The number of carboxylic acid groups (broad SMARTS) is 1. The summed E-state index contributed by atoms with van der Waals surface area (Å²) in [6, 6.07) is 9.58. The van der Waals surface area contributed by atoms with E-state index in [9.17, 15) is 14.7 Å². The summed E-state index contributed by atoms with van der Waals surface area (Å²) in [6.45, 7) is 4.49. The largest absolute Gasteiger partial charge is 0.481 e. The molecule has 1 heterocycles. The number of carbonyl (C=O) groups is 2. The smallest absolute Gasteiger partial charge is 0.308 e. The van der Waals surface area contributed by atoms with Crippen LogP contribution < -0.4 is 0 Å². The Morgan fingerprint density at radius 3 is 2.37 bits per heavy atom. The SMILES string of the molecule is CC(C)C(=O)N1C[C@H](C(=O)O)[C@@H](c2ccccc2)C1. The van der Waals surface area contributed by atoms with Crippen LogP contribution in [0.25, 0.3) is 0 Å². The number of benzene rings is 1. The molecule has 0 spiro atoms. The summed E-state index contributed by atoms with van der Waals surface area (Å²) < 4.78 is 0. The molecule has 0 bridgehead atoms. The molecule has 2 rings (SSSR count). The first-order valence-electron chi connectivity index (χ1n) is 6.57. The lowest BCUT2D eigenvalue weighted by Gasteiger charge is -2.18. The molecule has 2 atom stereocenters. The third-order valence-corrected chi connectivity index (χ3v) is 3.67. The van der Waals surface area contributed by atoms with Crippen molar-refractivity contribution >= 4 is 11.9 Å². The molecule has 1 aliphatic heterocycles. The molecule has 0 radical (unpaired) electrons. The first kappa shape index (κ1) is 13.6. The summed E-state index contributed by atoms with van der Waals surface area (Å²) in [5, 5.41) is 9.35. The average Bonchev–Trinajstić information content (AvgIpc) is 2.83. The molecular formula is C15H19NO3. The normalized spacial score (nSPS) is 22.8. The van der Waals surface area contributed by atoms with Crippen LogP contribution in [0.15, 0.2) is 30.3 Å². The second-order valence-electron chi connectivity index (χ2n) is 5.36. The van der Waals surface area contributed by atoms with Gasteiger partial charge in [0, 0.05) is 24.9 Å². The summed E-state index contributed by atoms with van der Waals surface area (Å²) >= 11 is 0. The highest BCUT2D eigenvalue weighted by atomic mass is 16.4. The molecule has 1 saturated heterocycles. The molecule has 19 heavy (non-hydrogen) atoms. The second-order valence-corrected chi connectivity index (χ2v) is 5.36. The lowest BCUT2D eigenvalue weighted by molar-refractivity contribution is -0.142. The molecule has 1 fully saturated rings. The first-order valence-corrected chi connectivity index (χ1v) is 6.57. The van der Waals surface area contributed by atoms with Crippen LogP contribution in [0.1, 0.15) is 25.3 Å². The molecule has 0 unspecified atom stereocenters. The van der Waals surface area contributed by atoms with Gasteiger partial charge in [-0.1, -0.05) is 44.2 Å². The molecule has 1 aliphatic rings. The third kappa shape index (κ3) is 2.78. The van der Waals surface area contributed by atoms with Gasteiger partial charge in [0.2, 0.25) is 5.91 Å². The van der Waals surface area contributed by atoms with Gasteiger partial charge in [-0.25, -0.2) is 0 Å². The number of carbonyl (C=O) groups excluding carboxylic acids is 1. The van der Waals surface area contributed by atoms with Crippen molar-refractivity contribution in [2.75, 3.05) is 13.1 Å². The lowest BCUT2D eigenvalue weighted by atomic mass is 9.89. The Kier molecular flexibility index (Phi) is 3.88. The Labute approximate surface area is 113 Å². The predicted molar refractivity (Wildman–Crippen MR) is 71.7 cm³/mol. The minimum atomic E-state index is -0.826. The van der Waals surface area contributed by atoms with Crippen LogP contribution in [0.2, 0.25) is 0 Å². The molecule has 1 N–H and O–H groups in total. The van der Waals surface area contributed by atoms with Crippen molar-refractivity contribution in [2.45, 2.75) is 19.8 Å². The van der Waals surface area contributed by atoms with Crippen molar-refractivity contribution < 1.29 is 14.7 Å². The van der Waals surface area contributed by atoms with Crippen LogP contribution in [0, 0.1) is 11.8 Å². The van der Waals surface area contributed by atoms with Gasteiger partial charge >= 0.3 is 5.97 Å². The topological polar surface area (TPSA) is 57.6 Å². The zero-order chi connectivity index (χ0) is 14.0. The number of likely N-dealkylation sites (tertiary alicyclic amines) is 1. The molecule has 1 aromatic carbocycles. The van der Waals surface area contributed by atoms with Gasteiger partial charge in [-0.2, -0.15) is 0 Å². The highest BCUT2D eigenvalue weighted by molar-refractivity contribution is 5.81. The van der Waals surface area contributed by atoms with Crippen LogP contribution in [0.3, 0.4) is 0 Å². The number of carboxylic acids is 1. The van der Waals surface area contributed by atoms with E-state index < -0.39 is 11.9 Å². The molecule has 1 aromatic rings. The maximum absolute atomic E-state index is 12.0. The molecule has 0 aromatic heterocycles. The van der Waals surface area contributed by atoms with Crippen molar-refractivity contribution in [1.29, 1.82) is 0 Å². The molecule has 1 amide bonds. The van der Waals surface area contributed by atoms with Gasteiger partial charge in [0.1, 0.15) is 0 Å². The van der Waals surface area contributed by atoms with Crippen LogP contribution in [0.5, 0.6) is 0 Å². The summed E-state index contributed by atoms with van der Waals surface area (Å²) in [5.74, 6) is -1.51. The zero-order valence-corrected chi connectivity index (χ0v) is 11.2. The van der Waals surface area contributed by atoms with Gasteiger partial charge in [0.25, 0.3) is 0 Å². The second kappa shape index (κ2) is 5.43. The predicted octanol–water partition coefficient (Wildman–Crippen LogP) is 1.97. The average molecular weight is 261 g/mol. The number of rotatable bonds is 3. The van der Waals surface area contributed by atoms with Crippen molar-refractivity contribution in [2.24, 2.45) is 11.8 Å². The fourth-order valence-corrected chi connectivity index (χ4v) is 2.64. The quantitative estimate of drug-likeness (QED) is 0.905. The summed E-state index contributed by atoms with van der Waals surface area (Å²) in [6.07, 6.45) is 0. The van der Waals surface area contributed by atoms with Crippen molar-refractivity contribution in [3.05, 3.63) is 35.9 Å². The Bertz CT molecular complexity index is 470. The number of amides is 1. The summed E-state index contributed by atoms with van der Waals surface area (Å²) in [7, 11) is 0. The van der Waals surface area contributed by atoms with Gasteiger partial charge in [0.15, 0.2) is 0 Å². The van der Waals surface area contributed by atoms with Crippen LogP contribution in [0.4, 0.5) is 0 Å². The number of nitrogens with zero attached hydrogens (tertiary/aromatic N) is 1. The maximum atomic E-state index is 12.0. The van der Waals surface area contributed by atoms with Crippen molar-refractivity contribution in [1.82, 2.24) is 4.90 Å². The Morgan fingerprint density at radius 2 is 1.84 bits per heavy atom. The van der Waals surface area contributed by atoms with Crippen LogP contribution in [-0.4, -0.2) is 35.0 Å². The van der Waals surface area contributed by atoms with Gasteiger partial charge in [-0.3, -0.25) is 9.59 Å². The number of hydrogen-bond donors (Lipinski definition) is 1. The van der Waals surface area contributed by atoms with Gasteiger partial charge in [-0.15, -0.1) is 0 Å². The van der Waals surface area contributed by atoms with Crippen LogP contribution >= 0.6 is 0 Å². The molecule has 0 saturated carbocycles. The number of hydrogen-bond acceptors (Lipinski definition) is 2. The van der Waals surface area contributed by atoms with E-state index in [4.69, 9.17) is 0 Å². The number of aliphatic carboxylic acids is 1. The Morgan fingerprint density at radius 1 is 1.21 bits per heavy atom. The lowest BCUT2D eigenvalue weighted by Crippen LogP contribution is -2.33. The zero-order valence-electron chi connectivity index (χ0n) is 11.2. The van der Waals surface area contributed by atoms with Crippen molar-refractivity contribution in [3.63, 3.8) is 0 Å². The highest BCUT2D eigenvalue weighted by Crippen LogP contribution is 2.33. The Hall–Kier alpha value is -1.84. The van der Waals surface area contributed by atoms with E-state index >= 15 is 0 Å². The minimum absolute atomic E-state index is 0.0321. The van der Waals surface area contributed by atoms with Crippen molar-refractivity contribution in [3.8, 4) is 0 Å². The summed E-state index contributed by atoms with van der Waals surface area (Å²) in [4.78, 5) is 25.1. The highest BCUT2D eigenvalue weighted by Gasteiger charge is 2.40. The monoisotopic (exact) mass is 261 g/mol. The van der Waals surface area contributed by atoms with Gasteiger partial charge in [0.05, 0.1) is 5.92 Å². The van der Waals surface area contributed by atoms with E-state index in [0.717, 1.165) is 5.56 Å². The third-order valence-electron chi connectivity index (χ3n) is 3.67. The molecule has 102 valence electrons. The fraction of sp³-hybridized carbons (Fsp3) is 0.467. The van der Waals surface area contributed by atoms with E-state index in [0.29, 0.717) is 13.1 Å². The fourth-order valence-electron chi connectivity index (χ4n) is 2.64. The molecule has 0 aliphatic carbocycles.